The van der Waals surface area contributed by atoms with Crippen molar-refractivity contribution in [2.24, 2.45) is 5.73 Å². The lowest BCUT2D eigenvalue weighted by Gasteiger charge is -2.15. The van der Waals surface area contributed by atoms with Crippen molar-refractivity contribution in [2.75, 3.05) is 19.0 Å². The summed E-state index contributed by atoms with van der Waals surface area (Å²) in [4.78, 5) is 36.2. The highest BCUT2D eigenvalue weighted by Gasteiger charge is 2.17. The van der Waals surface area contributed by atoms with Crippen LogP contribution in [0.5, 0.6) is 5.75 Å². The first-order valence-electron chi connectivity index (χ1n) is 9.27. The Morgan fingerprint density at radius 2 is 1.87 bits per heavy atom. The predicted octanol–water partition coefficient (Wildman–Crippen LogP) is 2.00. The Kier molecular flexibility index (Phi) is 10.0. The zero-order chi connectivity index (χ0) is 22.7. The van der Waals surface area contributed by atoms with Gasteiger partial charge in [0.25, 0.3) is 0 Å². The summed E-state index contributed by atoms with van der Waals surface area (Å²) < 4.78 is 5.15. The molecule has 2 aromatic rings. The minimum absolute atomic E-state index is 0.128. The number of nitrogens with two attached hydrogens (primary N) is 1. The first kappa shape index (κ1) is 24.6. The van der Waals surface area contributed by atoms with Crippen molar-refractivity contribution in [3.8, 4) is 5.75 Å². The minimum Gasteiger partial charge on any atom is -0.497 e. The molecule has 6 N–H and O–H groups in total. The molecule has 0 bridgehead atoms. The largest absolute Gasteiger partial charge is 0.497 e. The lowest BCUT2D eigenvalue weighted by Crippen LogP contribution is -2.42. The third kappa shape index (κ3) is 7.55. The molecule has 1 aromatic heterocycles. The molecule has 30 heavy (non-hydrogen) atoms. The summed E-state index contributed by atoms with van der Waals surface area (Å²) in [5, 5.41) is 15.1. The van der Waals surface area contributed by atoms with Crippen LogP contribution >= 0.6 is 11.3 Å². The van der Waals surface area contributed by atoms with Crippen LogP contribution in [0.15, 0.2) is 36.4 Å². The van der Waals surface area contributed by atoms with Gasteiger partial charge in [0.1, 0.15) is 11.6 Å². The van der Waals surface area contributed by atoms with Crippen LogP contribution in [0.2, 0.25) is 0 Å². The number of nitrogen functional groups attached to an aromatic ring is 1. The molecule has 1 aromatic carbocycles. The number of anilines is 1. The smallest absolute Gasteiger partial charge is 0.314 e. The van der Waals surface area contributed by atoms with Gasteiger partial charge in [-0.3, -0.25) is 19.8 Å². The number of benzene rings is 1. The number of hydrogen-bond acceptors (Lipinski definition) is 6. The van der Waals surface area contributed by atoms with E-state index in [1.165, 1.54) is 6.07 Å². The van der Waals surface area contributed by atoms with E-state index in [2.05, 4.69) is 16.0 Å². The van der Waals surface area contributed by atoms with Crippen molar-refractivity contribution >= 4 is 39.9 Å². The highest BCUT2D eigenvalue weighted by molar-refractivity contribution is 7.18. The maximum atomic E-state index is 12.0. The number of rotatable bonds is 7. The monoisotopic (exact) mass is 433 g/mol. The first-order chi connectivity index (χ1) is 14.3. The van der Waals surface area contributed by atoms with Gasteiger partial charge in [0, 0.05) is 0 Å². The van der Waals surface area contributed by atoms with Gasteiger partial charge < -0.3 is 26.4 Å². The second-order valence-electron chi connectivity index (χ2n) is 5.78. The molecule has 0 radical (unpaired) electrons. The number of carbonyl (C=O) groups is 3. The Morgan fingerprint density at radius 3 is 2.47 bits per heavy atom. The molecule has 0 saturated heterocycles. The van der Waals surface area contributed by atoms with Gasteiger partial charge in [-0.25, -0.2) is 0 Å². The second kappa shape index (κ2) is 12.2. The maximum Gasteiger partial charge on any atom is 0.314 e. The van der Waals surface area contributed by atoms with E-state index in [0.29, 0.717) is 15.6 Å². The summed E-state index contributed by atoms with van der Waals surface area (Å²) in [6.45, 7) is 5.45. The molecule has 162 valence electrons. The molecule has 3 amide bonds. The topological polar surface area (TPSA) is 146 Å². The fourth-order valence-electron chi connectivity index (χ4n) is 2.25. The van der Waals surface area contributed by atoms with Crippen LogP contribution < -0.4 is 26.4 Å². The number of ether oxygens (including phenoxy) is 1. The van der Waals surface area contributed by atoms with Crippen molar-refractivity contribution in [3.05, 3.63) is 46.8 Å². The molecule has 0 unspecified atom stereocenters. The molecule has 0 aliphatic heterocycles. The van der Waals surface area contributed by atoms with Gasteiger partial charge in [-0.05, 0) is 36.8 Å². The zero-order valence-electron chi connectivity index (χ0n) is 17.4. The molecule has 9 nitrogen and oxygen atoms in total. The zero-order valence-corrected chi connectivity index (χ0v) is 18.2. The summed E-state index contributed by atoms with van der Waals surface area (Å²) >= 11 is 1.07. The third-order valence-electron chi connectivity index (χ3n) is 3.70. The maximum absolute atomic E-state index is 12.0. The summed E-state index contributed by atoms with van der Waals surface area (Å²) in [5.41, 5.74) is 6.19. The highest BCUT2D eigenvalue weighted by Crippen LogP contribution is 2.21. The van der Waals surface area contributed by atoms with Gasteiger partial charge in [-0.15, -0.1) is 11.3 Å². The van der Waals surface area contributed by atoms with E-state index < -0.39 is 17.7 Å². The number of amides is 3. The van der Waals surface area contributed by atoms with E-state index in [-0.39, 0.29) is 18.4 Å². The Morgan fingerprint density at radius 1 is 1.17 bits per heavy atom. The summed E-state index contributed by atoms with van der Waals surface area (Å²) in [6.07, 6.45) is 0. The normalized spacial score (nSPS) is 10.7. The Labute approximate surface area is 179 Å². The Hall–Kier alpha value is -3.40. The van der Waals surface area contributed by atoms with Crippen molar-refractivity contribution < 1.29 is 19.1 Å². The van der Waals surface area contributed by atoms with Crippen LogP contribution in [0.1, 0.15) is 37.3 Å². The number of carbonyl (C=O) groups excluding carboxylic acids is 3. The number of nitrogens with one attached hydrogen (secondary N) is 4. The van der Waals surface area contributed by atoms with Crippen LogP contribution in [0.25, 0.3) is 0 Å². The standard InChI is InChI=1S/C18H21N5O4S.C2H6/c1-10(11-4-3-5-12(8-11)27-2)22-14(24)9-21-17(25)18(26)23-15-7-6-13(28-15)16(19)20;1-2/h3-8,10H,9H2,1-2H3,(H3,19,20)(H,21,25)(H,22,24)(H,23,26);1-2H3/t10-;/m0./s1. The van der Waals surface area contributed by atoms with Crippen LogP contribution in [0, 0.1) is 5.41 Å². The van der Waals surface area contributed by atoms with Gasteiger partial charge in [0.2, 0.25) is 5.91 Å². The molecule has 0 saturated carbocycles. The van der Waals surface area contributed by atoms with E-state index in [4.69, 9.17) is 15.9 Å². The fourth-order valence-corrected chi connectivity index (χ4v) is 3.01. The molecule has 1 atom stereocenters. The lowest BCUT2D eigenvalue weighted by atomic mass is 10.1. The number of thiophene rings is 1. The van der Waals surface area contributed by atoms with Gasteiger partial charge >= 0.3 is 11.8 Å². The molecule has 0 aliphatic carbocycles. The summed E-state index contributed by atoms with van der Waals surface area (Å²) in [7, 11) is 1.56. The second-order valence-corrected chi connectivity index (χ2v) is 6.86. The van der Waals surface area contributed by atoms with Crippen LogP contribution in [0.4, 0.5) is 5.00 Å². The van der Waals surface area contributed by atoms with E-state index in [1.807, 2.05) is 26.0 Å². The first-order valence-corrected chi connectivity index (χ1v) is 10.1. The van der Waals surface area contributed by atoms with E-state index in [1.54, 1.807) is 32.2 Å². The molecule has 2 rings (SSSR count). The number of amidine groups is 1. The van der Waals surface area contributed by atoms with Crippen LogP contribution in [-0.4, -0.2) is 37.2 Å². The Bertz CT molecular complexity index is 897. The van der Waals surface area contributed by atoms with Crippen LogP contribution in [0.3, 0.4) is 0 Å². The van der Waals surface area contributed by atoms with E-state index in [0.717, 1.165) is 16.9 Å². The summed E-state index contributed by atoms with van der Waals surface area (Å²) in [5.74, 6) is -1.75. The molecule has 0 aliphatic rings. The quantitative estimate of drug-likeness (QED) is 0.257. The van der Waals surface area contributed by atoms with E-state index in [9.17, 15) is 14.4 Å². The fraction of sp³-hybridized carbons (Fsp3) is 0.300. The van der Waals surface area contributed by atoms with Crippen molar-refractivity contribution in [1.29, 1.82) is 5.41 Å². The third-order valence-corrected chi connectivity index (χ3v) is 4.73. The SMILES string of the molecule is CC.COc1cccc([C@H](C)NC(=O)CNC(=O)C(=O)Nc2ccc(C(=N)N)s2)c1. The minimum atomic E-state index is -0.943. The number of methoxy groups -OCH3 is 1. The van der Waals surface area contributed by atoms with Gasteiger partial charge in [0.15, 0.2) is 0 Å². The van der Waals surface area contributed by atoms with E-state index >= 15 is 0 Å². The van der Waals surface area contributed by atoms with Crippen molar-refractivity contribution in [1.82, 2.24) is 10.6 Å². The van der Waals surface area contributed by atoms with Gasteiger partial charge in [-0.2, -0.15) is 0 Å². The molecule has 0 fully saturated rings. The molecular weight excluding hydrogens is 406 g/mol. The van der Waals surface area contributed by atoms with Crippen molar-refractivity contribution in [3.63, 3.8) is 0 Å². The summed E-state index contributed by atoms with van der Waals surface area (Å²) in [6, 6.07) is 10.0. The molecule has 10 heteroatoms. The van der Waals surface area contributed by atoms with Crippen molar-refractivity contribution in [2.45, 2.75) is 26.8 Å². The average Bonchev–Trinajstić information content (AvgIpc) is 3.22. The highest BCUT2D eigenvalue weighted by atomic mass is 32.1. The van der Waals surface area contributed by atoms with Gasteiger partial charge in [-0.1, -0.05) is 26.0 Å². The molecule has 1 heterocycles. The van der Waals surface area contributed by atoms with Gasteiger partial charge in [0.05, 0.1) is 29.6 Å². The lowest BCUT2D eigenvalue weighted by molar-refractivity contribution is -0.136. The molecule has 0 spiro atoms. The number of hydrogen-bond donors (Lipinski definition) is 5. The van der Waals surface area contributed by atoms with Crippen LogP contribution in [-0.2, 0) is 14.4 Å². The average molecular weight is 434 g/mol. The predicted molar refractivity (Wildman–Crippen MR) is 118 cm³/mol. The Balaban J connectivity index is 0.00000218. The molecular formula is C20H27N5O4S.